The van der Waals surface area contributed by atoms with E-state index in [2.05, 4.69) is 0 Å². The normalized spacial score (nSPS) is 15.6. The molecule has 0 aliphatic carbocycles. The Balaban J connectivity index is 1.81. The number of amides is 1. The summed E-state index contributed by atoms with van der Waals surface area (Å²) < 4.78 is 74.9. The van der Waals surface area contributed by atoms with Gasteiger partial charge in [-0.15, -0.1) is 0 Å². The number of carbonyl (C=O) groups is 1. The zero-order chi connectivity index (χ0) is 21.9. The van der Waals surface area contributed by atoms with Gasteiger partial charge in [0.15, 0.2) is 5.75 Å². The number of sulfonamides is 1. The lowest BCUT2D eigenvalue weighted by Crippen LogP contribution is -2.40. The van der Waals surface area contributed by atoms with Crippen LogP contribution >= 0.6 is 11.6 Å². The number of para-hydroxylation sites is 1. The van der Waals surface area contributed by atoms with Crippen LogP contribution in [0.15, 0.2) is 47.4 Å². The third kappa shape index (κ3) is 5.04. The van der Waals surface area contributed by atoms with E-state index >= 15 is 0 Å². The van der Waals surface area contributed by atoms with Gasteiger partial charge in [0.1, 0.15) is 5.75 Å². The molecular formula is C18H16ClF3N2O5S. The first-order valence-electron chi connectivity index (χ1n) is 8.61. The quantitative estimate of drug-likeness (QED) is 0.730. The number of halogens is 4. The van der Waals surface area contributed by atoms with Gasteiger partial charge in [0.05, 0.1) is 28.8 Å². The molecule has 1 heterocycles. The molecular weight excluding hydrogens is 449 g/mol. The van der Waals surface area contributed by atoms with Gasteiger partial charge in [-0.25, -0.2) is 8.42 Å². The molecule has 0 radical (unpaired) electrons. The fraction of sp³-hybridized carbons (Fsp3) is 0.278. The molecule has 0 unspecified atom stereocenters. The molecule has 0 saturated carbocycles. The van der Waals surface area contributed by atoms with Crippen molar-refractivity contribution in [1.82, 2.24) is 4.31 Å². The van der Waals surface area contributed by atoms with Crippen LogP contribution < -0.4 is 10.1 Å². The lowest BCUT2D eigenvalue weighted by molar-refractivity contribution is -0.167. The maximum absolute atomic E-state index is 12.6. The van der Waals surface area contributed by atoms with Crippen molar-refractivity contribution in [2.75, 3.05) is 31.6 Å². The van der Waals surface area contributed by atoms with E-state index in [1.165, 1.54) is 46.8 Å². The monoisotopic (exact) mass is 464 g/mol. The van der Waals surface area contributed by atoms with Crippen molar-refractivity contribution in [3.8, 4) is 11.5 Å². The van der Waals surface area contributed by atoms with E-state index in [0.29, 0.717) is 13.2 Å². The van der Waals surface area contributed by atoms with Gasteiger partial charge in [-0.05, 0) is 36.4 Å². The smallest absolute Gasteiger partial charge is 0.454 e. The number of benzene rings is 2. The Hall–Kier alpha value is -2.34. The largest absolute Gasteiger partial charge is 0.471 e. The zero-order valence-corrected chi connectivity index (χ0v) is 16.9. The maximum Gasteiger partial charge on any atom is 0.471 e. The molecule has 1 amide bonds. The number of anilines is 1. The summed E-state index contributed by atoms with van der Waals surface area (Å²) in [5, 5.41) is 1.66. The van der Waals surface area contributed by atoms with E-state index in [4.69, 9.17) is 21.1 Å². The van der Waals surface area contributed by atoms with Crippen LogP contribution in [0.5, 0.6) is 11.5 Å². The molecule has 2 aromatic rings. The van der Waals surface area contributed by atoms with E-state index in [1.807, 2.05) is 0 Å². The SMILES string of the molecule is O=C(Nc1cccc(Cl)c1Oc1ccc(S(=O)(=O)N2CCOCC2)cc1)C(F)(F)F. The standard InChI is InChI=1S/C18H16ClF3N2O5S/c19-14-2-1-3-15(23-17(25)18(20,21)22)16(14)29-12-4-6-13(7-5-12)30(26,27)24-8-10-28-11-9-24/h1-7H,8-11H2,(H,23,25). The molecule has 30 heavy (non-hydrogen) atoms. The van der Waals surface area contributed by atoms with Gasteiger partial charge < -0.3 is 14.8 Å². The molecule has 0 spiro atoms. The molecule has 1 saturated heterocycles. The number of nitrogens with zero attached hydrogens (tertiary/aromatic N) is 1. The number of rotatable bonds is 5. The summed E-state index contributed by atoms with van der Waals surface area (Å²) in [4.78, 5) is 11.3. The number of ether oxygens (including phenoxy) is 2. The van der Waals surface area contributed by atoms with Gasteiger partial charge >= 0.3 is 12.1 Å². The number of nitrogens with one attached hydrogen (secondary N) is 1. The molecule has 0 atom stereocenters. The third-order valence-electron chi connectivity index (χ3n) is 4.12. The third-order valence-corrected chi connectivity index (χ3v) is 6.33. The summed E-state index contributed by atoms with van der Waals surface area (Å²) in [6.07, 6.45) is -5.09. The average molecular weight is 465 g/mol. The van der Waals surface area contributed by atoms with Crippen molar-refractivity contribution in [1.29, 1.82) is 0 Å². The highest BCUT2D eigenvalue weighted by molar-refractivity contribution is 7.89. The summed E-state index contributed by atoms with van der Waals surface area (Å²) in [6, 6.07) is 9.21. The minimum atomic E-state index is -5.09. The summed E-state index contributed by atoms with van der Waals surface area (Å²) in [6.45, 7) is 1.09. The minimum Gasteiger partial charge on any atom is -0.454 e. The number of alkyl halides is 3. The molecule has 1 N–H and O–H groups in total. The minimum absolute atomic E-state index is 0.0292. The average Bonchev–Trinajstić information content (AvgIpc) is 2.71. The Kier molecular flexibility index (Phi) is 6.56. The van der Waals surface area contributed by atoms with Crippen molar-refractivity contribution in [3.63, 3.8) is 0 Å². The van der Waals surface area contributed by atoms with E-state index in [0.717, 1.165) is 0 Å². The molecule has 3 rings (SSSR count). The fourth-order valence-electron chi connectivity index (χ4n) is 2.64. The Bertz CT molecular complexity index is 1020. The highest BCUT2D eigenvalue weighted by Crippen LogP contribution is 2.37. The summed E-state index contributed by atoms with van der Waals surface area (Å²) in [5.41, 5.74) is -0.283. The number of hydrogen-bond donors (Lipinski definition) is 1. The second-order valence-corrected chi connectivity index (χ2v) is 8.50. The lowest BCUT2D eigenvalue weighted by Gasteiger charge is -2.26. The number of hydrogen-bond acceptors (Lipinski definition) is 5. The lowest BCUT2D eigenvalue weighted by atomic mass is 10.2. The van der Waals surface area contributed by atoms with Crippen LogP contribution in [0.4, 0.5) is 18.9 Å². The number of morpholine rings is 1. The predicted molar refractivity (Wildman–Crippen MR) is 102 cm³/mol. The maximum atomic E-state index is 12.6. The Labute approximate surface area is 175 Å². The Morgan fingerprint density at radius 1 is 1.10 bits per heavy atom. The second-order valence-electron chi connectivity index (χ2n) is 6.16. The van der Waals surface area contributed by atoms with Crippen LogP contribution in [0, 0.1) is 0 Å². The van der Waals surface area contributed by atoms with Crippen LogP contribution in [-0.2, 0) is 19.6 Å². The molecule has 1 aliphatic heterocycles. The summed E-state index contributed by atoms with van der Waals surface area (Å²) >= 11 is 6.01. The molecule has 0 aromatic heterocycles. The molecule has 0 bridgehead atoms. The van der Waals surface area contributed by atoms with Crippen molar-refractivity contribution in [3.05, 3.63) is 47.5 Å². The Morgan fingerprint density at radius 2 is 1.73 bits per heavy atom. The van der Waals surface area contributed by atoms with Crippen molar-refractivity contribution in [2.45, 2.75) is 11.1 Å². The van der Waals surface area contributed by atoms with Gasteiger partial charge in [-0.1, -0.05) is 17.7 Å². The van der Waals surface area contributed by atoms with Gasteiger partial charge in [0, 0.05) is 13.1 Å². The van der Waals surface area contributed by atoms with Gasteiger partial charge in [0.25, 0.3) is 0 Å². The van der Waals surface area contributed by atoms with Gasteiger partial charge in [-0.3, -0.25) is 4.79 Å². The van der Waals surface area contributed by atoms with Crippen LogP contribution in [0.1, 0.15) is 0 Å². The van der Waals surface area contributed by atoms with Crippen molar-refractivity contribution < 1.29 is 35.9 Å². The van der Waals surface area contributed by atoms with Crippen molar-refractivity contribution in [2.24, 2.45) is 0 Å². The molecule has 1 aliphatic rings. The second kappa shape index (κ2) is 8.80. The molecule has 12 heteroatoms. The summed E-state index contributed by atoms with van der Waals surface area (Å²) in [5.74, 6) is -2.27. The molecule has 2 aromatic carbocycles. The van der Waals surface area contributed by atoms with E-state index in [9.17, 15) is 26.4 Å². The van der Waals surface area contributed by atoms with Crippen LogP contribution in [0.3, 0.4) is 0 Å². The molecule has 162 valence electrons. The highest BCUT2D eigenvalue weighted by Gasteiger charge is 2.39. The first-order chi connectivity index (χ1) is 14.1. The van der Waals surface area contributed by atoms with Gasteiger partial charge in [0.2, 0.25) is 10.0 Å². The topological polar surface area (TPSA) is 84.9 Å². The first-order valence-corrected chi connectivity index (χ1v) is 10.4. The fourth-order valence-corrected chi connectivity index (χ4v) is 4.26. The highest BCUT2D eigenvalue weighted by atomic mass is 35.5. The van der Waals surface area contributed by atoms with Crippen LogP contribution in [-0.4, -0.2) is 51.1 Å². The van der Waals surface area contributed by atoms with Gasteiger partial charge in [-0.2, -0.15) is 17.5 Å². The van der Waals surface area contributed by atoms with Crippen molar-refractivity contribution >= 4 is 33.2 Å². The van der Waals surface area contributed by atoms with Crippen LogP contribution in [0.25, 0.3) is 0 Å². The number of carbonyl (C=O) groups excluding carboxylic acids is 1. The van der Waals surface area contributed by atoms with E-state index < -0.39 is 22.1 Å². The van der Waals surface area contributed by atoms with E-state index in [1.54, 1.807) is 5.32 Å². The predicted octanol–water partition coefficient (Wildman–Crippen LogP) is 3.65. The first kappa shape index (κ1) is 22.3. The van der Waals surface area contributed by atoms with E-state index in [-0.39, 0.29) is 40.2 Å². The molecule has 1 fully saturated rings. The zero-order valence-electron chi connectivity index (χ0n) is 15.3. The Morgan fingerprint density at radius 3 is 2.33 bits per heavy atom. The van der Waals surface area contributed by atoms with Crippen LogP contribution in [0.2, 0.25) is 5.02 Å². The summed E-state index contributed by atoms with van der Waals surface area (Å²) in [7, 11) is -3.71. The molecule has 7 nitrogen and oxygen atoms in total.